The Bertz CT molecular complexity index is 521. The fourth-order valence-electron chi connectivity index (χ4n) is 3.37. The van der Waals surface area contributed by atoms with E-state index in [0.29, 0.717) is 6.04 Å². The predicted molar refractivity (Wildman–Crippen MR) is 97.6 cm³/mol. The molecule has 2 saturated heterocycles. The number of hydrogen-bond acceptors (Lipinski definition) is 6. The molecule has 0 radical (unpaired) electrons. The van der Waals surface area contributed by atoms with Crippen LogP contribution in [0.25, 0.3) is 0 Å². The lowest BCUT2D eigenvalue weighted by molar-refractivity contribution is -0.123. The number of rotatable bonds is 6. The maximum Gasteiger partial charge on any atom is 0.238 e. The maximum atomic E-state index is 12.5. The number of nitrogens with zero attached hydrogens (tertiary/aromatic N) is 2. The number of aromatic nitrogens is 1. The van der Waals surface area contributed by atoms with Gasteiger partial charge in [-0.05, 0) is 43.2 Å². The third kappa shape index (κ3) is 4.69. The number of nitrogens with one attached hydrogen (secondary N) is 3. The monoisotopic (exact) mass is 349 g/mol. The first-order chi connectivity index (χ1) is 11.8. The maximum absolute atomic E-state index is 12.5. The third-order valence-corrected chi connectivity index (χ3v) is 5.46. The molecule has 2 unspecified atom stereocenters. The third-order valence-electron chi connectivity index (χ3n) is 4.87. The predicted octanol–water partition coefficient (Wildman–Crippen LogP) is 0.933. The summed E-state index contributed by atoms with van der Waals surface area (Å²) in [7, 11) is 0. The molecule has 0 spiro atoms. The highest BCUT2D eigenvalue weighted by Gasteiger charge is 2.31. The SMILES string of the molecule is CSCCN1CCC(NC(=O)C2CC(c3ccncc3)NN2)CC1. The standard InChI is InChI=1S/C17H27N5OS/c1-24-11-10-22-8-4-14(5-9-22)19-17(23)16-12-15(20-21-16)13-2-6-18-7-3-13/h2-3,6-7,14-16,20-21H,4-5,8-12H2,1H3,(H,19,23). The fraction of sp³-hybridized carbons (Fsp3) is 0.647. The van der Waals surface area contributed by atoms with E-state index in [0.717, 1.165) is 44.5 Å². The first-order valence-electron chi connectivity index (χ1n) is 8.69. The lowest BCUT2D eigenvalue weighted by Crippen LogP contribution is -2.50. The molecule has 2 atom stereocenters. The highest BCUT2D eigenvalue weighted by atomic mass is 32.2. The number of piperidine rings is 1. The fourth-order valence-corrected chi connectivity index (χ4v) is 3.81. The van der Waals surface area contributed by atoms with Gasteiger partial charge in [-0.15, -0.1) is 0 Å². The van der Waals surface area contributed by atoms with Crippen LogP contribution in [0.4, 0.5) is 0 Å². The summed E-state index contributed by atoms with van der Waals surface area (Å²) in [5, 5.41) is 3.22. The topological polar surface area (TPSA) is 69.3 Å². The molecule has 132 valence electrons. The van der Waals surface area contributed by atoms with E-state index < -0.39 is 0 Å². The van der Waals surface area contributed by atoms with Crippen LogP contribution < -0.4 is 16.2 Å². The molecule has 6 nitrogen and oxygen atoms in total. The summed E-state index contributed by atoms with van der Waals surface area (Å²) in [5.74, 6) is 1.30. The Morgan fingerprint density at radius 3 is 2.79 bits per heavy atom. The first-order valence-corrected chi connectivity index (χ1v) is 10.1. The van der Waals surface area contributed by atoms with E-state index >= 15 is 0 Å². The van der Waals surface area contributed by atoms with Gasteiger partial charge in [-0.1, -0.05) is 0 Å². The number of hydrogen-bond donors (Lipinski definition) is 3. The summed E-state index contributed by atoms with van der Waals surface area (Å²) in [5.41, 5.74) is 7.52. The molecule has 0 aromatic carbocycles. The van der Waals surface area contributed by atoms with Crippen LogP contribution in [0.2, 0.25) is 0 Å². The molecule has 0 saturated carbocycles. The number of hydrazine groups is 1. The van der Waals surface area contributed by atoms with Gasteiger partial charge in [0, 0.05) is 49.9 Å². The average Bonchev–Trinajstić information content (AvgIpc) is 3.12. The van der Waals surface area contributed by atoms with E-state index in [-0.39, 0.29) is 18.0 Å². The highest BCUT2D eigenvalue weighted by molar-refractivity contribution is 7.98. The van der Waals surface area contributed by atoms with Crippen molar-refractivity contribution in [2.75, 3.05) is 31.6 Å². The molecule has 2 aliphatic rings. The van der Waals surface area contributed by atoms with Gasteiger partial charge in [-0.2, -0.15) is 11.8 Å². The Morgan fingerprint density at radius 2 is 2.08 bits per heavy atom. The van der Waals surface area contributed by atoms with Crippen LogP contribution in [0, 0.1) is 0 Å². The normalized spacial score (nSPS) is 25.7. The zero-order chi connectivity index (χ0) is 16.8. The summed E-state index contributed by atoms with van der Waals surface area (Å²) >= 11 is 1.89. The van der Waals surface area contributed by atoms with E-state index in [2.05, 4.69) is 32.3 Å². The number of pyridine rings is 1. The van der Waals surface area contributed by atoms with E-state index in [4.69, 9.17) is 0 Å². The summed E-state index contributed by atoms with van der Waals surface area (Å²) in [6, 6.07) is 4.29. The van der Waals surface area contributed by atoms with Crippen molar-refractivity contribution < 1.29 is 4.79 Å². The Hall–Kier alpha value is -1.15. The van der Waals surface area contributed by atoms with Crippen LogP contribution in [0.3, 0.4) is 0 Å². The van der Waals surface area contributed by atoms with Gasteiger partial charge in [0.15, 0.2) is 0 Å². The smallest absolute Gasteiger partial charge is 0.238 e. The number of thioether (sulfide) groups is 1. The molecule has 0 bridgehead atoms. The van der Waals surface area contributed by atoms with Crippen molar-refractivity contribution in [1.29, 1.82) is 0 Å². The van der Waals surface area contributed by atoms with Gasteiger partial charge >= 0.3 is 0 Å². The van der Waals surface area contributed by atoms with Crippen molar-refractivity contribution in [3.8, 4) is 0 Å². The summed E-state index contributed by atoms with van der Waals surface area (Å²) in [6.45, 7) is 3.33. The average molecular weight is 350 g/mol. The molecular formula is C17H27N5OS. The molecule has 1 aromatic heterocycles. The molecule has 1 amide bonds. The minimum Gasteiger partial charge on any atom is -0.352 e. The number of carbonyl (C=O) groups excluding carboxylic acids is 1. The molecule has 7 heteroatoms. The molecule has 0 aliphatic carbocycles. The van der Waals surface area contributed by atoms with Crippen molar-refractivity contribution in [2.45, 2.75) is 37.4 Å². The van der Waals surface area contributed by atoms with Gasteiger partial charge in [0.1, 0.15) is 6.04 Å². The molecule has 3 rings (SSSR count). The van der Waals surface area contributed by atoms with Crippen LogP contribution >= 0.6 is 11.8 Å². The number of likely N-dealkylation sites (tertiary alicyclic amines) is 1. The van der Waals surface area contributed by atoms with Crippen molar-refractivity contribution in [1.82, 2.24) is 26.1 Å². The Balaban J connectivity index is 1.42. The van der Waals surface area contributed by atoms with Crippen molar-refractivity contribution in [2.24, 2.45) is 0 Å². The summed E-state index contributed by atoms with van der Waals surface area (Å²) in [6.07, 6.45) is 8.59. The Morgan fingerprint density at radius 1 is 1.33 bits per heavy atom. The van der Waals surface area contributed by atoms with Crippen molar-refractivity contribution in [3.63, 3.8) is 0 Å². The van der Waals surface area contributed by atoms with Crippen LogP contribution in [0.15, 0.2) is 24.5 Å². The molecule has 2 fully saturated rings. The highest BCUT2D eigenvalue weighted by Crippen LogP contribution is 2.22. The van der Waals surface area contributed by atoms with E-state index in [1.807, 2.05) is 23.9 Å². The minimum atomic E-state index is -0.169. The zero-order valence-electron chi connectivity index (χ0n) is 14.2. The van der Waals surface area contributed by atoms with Gasteiger partial charge in [0.05, 0.1) is 0 Å². The van der Waals surface area contributed by atoms with Crippen LogP contribution in [-0.2, 0) is 4.79 Å². The van der Waals surface area contributed by atoms with Gasteiger partial charge in [-0.25, -0.2) is 10.9 Å². The van der Waals surface area contributed by atoms with Gasteiger partial charge in [0.2, 0.25) is 5.91 Å². The van der Waals surface area contributed by atoms with Crippen molar-refractivity contribution in [3.05, 3.63) is 30.1 Å². The molecule has 24 heavy (non-hydrogen) atoms. The quantitative estimate of drug-likeness (QED) is 0.710. The Kier molecular flexibility index (Phi) is 6.48. The second kappa shape index (κ2) is 8.80. The Labute approximate surface area is 148 Å². The molecule has 2 aliphatic heterocycles. The minimum absolute atomic E-state index is 0.113. The molecular weight excluding hydrogens is 322 g/mol. The van der Waals surface area contributed by atoms with Crippen LogP contribution in [0.1, 0.15) is 30.9 Å². The van der Waals surface area contributed by atoms with Crippen molar-refractivity contribution >= 4 is 17.7 Å². The first kappa shape index (κ1) is 17.7. The summed E-state index contributed by atoms with van der Waals surface area (Å²) < 4.78 is 0. The van der Waals surface area contributed by atoms with Gasteiger partial charge in [0.25, 0.3) is 0 Å². The molecule has 1 aromatic rings. The molecule has 3 N–H and O–H groups in total. The second-order valence-corrected chi connectivity index (χ2v) is 7.51. The van der Waals surface area contributed by atoms with Crippen LogP contribution in [-0.4, -0.2) is 59.5 Å². The molecule has 3 heterocycles. The van der Waals surface area contributed by atoms with Gasteiger partial charge < -0.3 is 10.2 Å². The van der Waals surface area contributed by atoms with E-state index in [1.165, 1.54) is 5.75 Å². The lowest BCUT2D eigenvalue weighted by Gasteiger charge is -2.32. The summed E-state index contributed by atoms with van der Waals surface area (Å²) in [4.78, 5) is 19.0. The van der Waals surface area contributed by atoms with Crippen LogP contribution in [0.5, 0.6) is 0 Å². The lowest BCUT2D eigenvalue weighted by atomic mass is 10.0. The van der Waals surface area contributed by atoms with E-state index in [1.54, 1.807) is 12.4 Å². The van der Waals surface area contributed by atoms with Gasteiger partial charge in [-0.3, -0.25) is 9.78 Å². The number of carbonyl (C=O) groups is 1. The van der Waals surface area contributed by atoms with E-state index in [9.17, 15) is 4.79 Å². The second-order valence-electron chi connectivity index (χ2n) is 6.53. The largest absolute Gasteiger partial charge is 0.352 e. The zero-order valence-corrected chi connectivity index (χ0v) is 15.0. The number of amides is 1.